The molecule has 1 aromatic heterocycles. The van der Waals surface area contributed by atoms with E-state index in [4.69, 9.17) is 0 Å². The van der Waals surface area contributed by atoms with E-state index in [2.05, 4.69) is 29.9 Å². The first-order chi connectivity index (χ1) is 12.0. The van der Waals surface area contributed by atoms with Gasteiger partial charge in [-0.15, -0.1) is 0 Å². The number of aromatic hydroxyl groups is 1. The Morgan fingerprint density at radius 3 is 2.80 bits per heavy atom. The van der Waals surface area contributed by atoms with Crippen LogP contribution in [0.5, 0.6) is 5.75 Å². The standard InChI is InChI=1S/C21H22N2O2/c1-12(2)16-9-19-20(22-11-23-21(19)25)10-18(16)17-8-14(24)7-13-5-3-4-6-15(13)17/h3-8,11-12,16,18,24H,9-10H2,1-2H3,(H,22,23,25). The first kappa shape index (κ1) is 15.9. The Bertz CT molecular complexity index is 991. The second-order valence-corrected chi connectivity index (χ2v) is 7.34. The Hall–Kier alpha value is -2.62. The molecule has 3 aromatic rings. The summed E-state index contributed by atoms with van der Waals surface area (Å²) in [5.41, 5.74) is 2.84. The maximum absolute atomic E-state index is 12.2. The predicted molar refractivity (Wildman–Crippen MR) is 98.9 cm³/mol. The lowest BCUT2D eigenvalue weighted by Gasteiger charge is -2.35. The maximum Gasteiger partial charge on any atom is 0.254 e. The lowest BCUT2D eigenvalue weighted by Crippen LogP contribution is -2.33. The molecule has 4 heteroatoms. The average Bonchev–Trinajstić information content (AvgIpc) is 2.60. The fourth-order valence-electron chi connectivity index (χ4n) is 4.26. The van der Waals surface area contributed by atoms with E-state index in [9.17, 15) is 9.90 Å². The number of phenolic OH excluding ortho intramolecular Hbond substituents is 1. The summed E-state index contributed by atoms with van der Waals surface area (Å²) in [4.78, 5) is 19.3. The SMILES string of the molecule is CC(C)C1Cc2c(nc[nH]c2=O)CC1c1cc(O)cc2ccccc12. The van der Waals surface area contributed by atoms with Crippen LogP contribution in [0.4, 0.5) is 0 Å². The summed E-state index contributed by atoms with van der Waals surface area (Å²) >= 11 is 0. The van der Waals surface area contributed by atoms with Crippen molar-refractivity contribution in [1.82, 2.24) is 9.97 Å². The minimum absolute atomic E-state index is 0.0186. The van der Waals surface area contributed by atoms with Crippen molar-refractivity contribution in [1.29, 1.82) is 0 Å². The van der Waals surface area contributed by atoms with Crippen LogP contribution in [0.25, 0.3) is 10.8 Å². The number of hydrogen-bond donors (Lipinski definition) is 2. The fraction of sp³-hybridized carbons (Fsp3) is 0.333. The number of nitrogens with one attached hydrogen (secondary N) is 1. The lowest BCUT2D eigenvalue weighted by molar-refractivity contribution is 0.294. The zero-order chi connectivity index (χ0) is 17.6. The number of fused-ring (bicyclic) bond motifs is 2. The van der Waals surface area contributed by atoms with E-state index >= 15 is 0 Å². The Balaban J connectivity index is 1.90. The summed E-state index contributed by atoms with van der Waals surface area (Å²) in [5, 5.41) is 12.5. The molecule has 128 valence electrons. The molecule has 0 spiro atoms. The van der Waals surface area contributed by atoms with Crippen LogP contribution >= 0.6 is 0 Å². The van der Waals surface area contributed by atoms with E-state index in [-0.39, 0.29) is 11.5 Å². The summed E-state index contributed by atoms with van der Waals surface area (Å²) < 4.78 is 0. The highest BCUT2D eigenvalue weighted by Crippen LogP contribution is 2.42. The van der Waals surface area contributed by atoms with Gasteiger partial charge in [-0.05, 0) is 59.1 Å². The second kappa shape index (κ2) is 6.03. The van der Waals surface area contributed by atoms with Gasteiger partial charge in [0.1, 0.15) is 5.75 Å². The zero-order valence-corrected chi connectivity index (χ0v) is 14.5. The predicted octanol–water partition coefficient (Wildman–Crippen LogP) is 3.78. The van der Waals surface area contributed by atoms with E-state index < -0.39 is 0 Å². The quantitative estimate of drug-likeness (QED) is 0.749. The minimum atomic E-state index is -0.0186. The highest BCUT2D eigenvalue weighted by molar-refractivity contribution is 5.87. The van der Waals surface area contributed by atoms with Gasteiger partial charge in [0, 0.05) is 5.56 Å². The van der Waals surface area contributed by atoms with E-state index in [1.807, 2.05) is 30.3 Å². The van der Waals surface area contributed by atoms with E-state index in [1.54, 1.807) is 0 Å². The van der Waals surface area contributed by atoms with Crippen molar-refractivity contribution >= 4 is 10.8 Å². The van der Waals surface area contributed by atoms with Gasteiger partial charge < -0.3 is 10.1 Å². The summed E-state index contributed by atoms with van der Waals surface area (Å²) in [6.45, 7) is 4.41. The molecule has 0 fully saturated rings. The number of hydrogen-bond acceptors (Lipinski definition) is 3. The molecule has 2 unspecified atom stereocenters. The Morgan fingerprint density at radius 1 is 1.20 bits per heavy atom. The first-order valence-electron chi connectivity index (χ1n) is 8.81. The number of benzene rings is 2. The van der Waals surface area contributed by atoms with Crippen molar-refractivity contribution in [3.05, 3.63) is 69.9 Å². The summed E-state index contributed by atoms with van der Waals surface area (Å²) in [7, 11) is 0. The van der Waals surface area contributed by atoms with Crippen LogP contribution in [0.15, 0.2) is 47.5 Å². The fourth-order valence-corrected chi connectivity index (χ4v) is 4.26. The molecule has 0 saturated heterocycles. The van der Waals surface area contributed by atoms with Crippen LogP contribution in [0.1, 0.15) is 36.6 Å². The highest BCUT2D eigenvalue weighted by atomic mass is 16.3. The van der Waals surface area contributed by atoms with Crippen LogP contribution in [0.3, 0.4) is 0 Å². The summed E-state index contributed by atoms with van der Waals surface area (Å²) in [6.07, 6.45) is 2.95. The van der Waals surface area contributed by atoms with Gasteiger partial charge in [-0.25, -0.2) is 4.98 Å². The second-order valence-electron chi connectivity index (χ2n) is 7.34. The van der Waals surface area contributed by atoms with Crippen LogP contribution in [-0.4, -0.2) is 15.1 Å². The van der Waals surface area contributed by atoms with Gasteiger partial charge in [0.05, 0.1) is 12.0 Å². The van der Waals surface area contributed by atoms with Gasteiger partial charge in [-0.3, -0.25) is 4.79 Å². The van der Waals surface area contributed by atoms with Crippen LogP contribution in [0, 0.1) is 11.8 Å². The molecule has 0 saturated carbocycles. The molecule has 2 atom stereocenters. The summed E-state index contributed by atoms with van der Waals surface area (Å²) in [5.74, 6) is 1.29. The third-order valence-electron chi connectivity index (χ3n) is 5.54. The van der Waals surface area contributed by atoms with Crippen molar-refractivity contribution in [3.8, 4) is 5.75 Å². The van der Waals surface area contributed by atoms with Gasteiger partial charge in [0.15, 0.2) is 0 Å². The Kier molecular flexibility index (Phi) is 3.83. The van der Waals surface area contributed by atoms with Gasteiger partial charge in [0.2, 0.25) is 0 Å². The number of rotatable bonds is 2. The topological polar surface area (TPSA) is 66.0 Å². The number of aromatic nitrogens is 2. The van der Waals surface area contributed by atoms with Crippen molar-refractivity contribution < 1.29 is 5.11 Å². The van der Waals surface area contributed by atoms with Crippen molar-refractivity contribution in [2.75, 3.05) is 0 Å². The monoisotopic (exact) mass is 334 g/mol. The largest absolute Gasteiger partial charge is 0.508 e. The van der Waals surface area contributed by atoms with Crippen molar-refractivity contribution in [3.63, 3.8) is 0 Å². The molecule has 2 N–H and O–H groups in total. The van der Waals surface area contributed by atoms with E-state index in [1.165, 1.54) is 11.7 Å². The molecule has 4 nitrogen and oxygen atoms in total. The zero-order valence-electron chi connectivity index (χ0n) is 14.5. The molecular weight excluding hydrogens is 312 g/mol. The smallest absolute Gasteiger partial charge is 0.254 e. The maximum atomic E-state index is 12.2. The van der Waals surface area contributed by atoms with E-state index in [0.29, 0.717) is 17.6 Å². The van der Waals surface area contributed by atoms with Crippen molar-refractivity contribution in [2.24, 2.45) is 11.8 Å². The first-order valence-corrected chi connectivity index (χ1v) is 8.81. The number of H-pyrrole nitrogens is 1. The molecule has 0 bridgehead atoms. The molecular formula is C21H22N2O2. The third kappa shape index (κ3) is 2.72. The molecule has 0 aliphatic heterocycles. The van der Waals surface area contributed by atoms with Gasteiger partial charge in [-0.2, -0.15) is 0 Å². The Morgan fingerprint density at radius 2 is 2.00 bits per heavy atom. The van der Waals surface area contributed by atoms with Gasteiger partial charge in [-0.1, -0.05) is 38.1 Å². The molecule has 25 heavy (non-hydrogen) atoms. The lowest BCUT2D eigenvalue weighted by atomic mass is 9.69. The van der Waals surface area contributed by atoms with Crippen LogP contribution < -0.4 is 5.56 Å². The van der Waals surface area contributed by atoms with Crippen LogP contribution in [0.2, 0.25) is 0 Å². The number of phenols is 1. The van der Waals surface area contributed by atoms with Gasteiger partial charge >= 0.3 is 0 Å². The molecule has 4 rings (SSSR count). The number of nitrogens with zero attached hydrogens (tertiary/aromatic N) is 1. The van der Waals surface area contributed by atoms with Gasteiger partial charge in [0.25, 0.3) is 5.56 Å². The molecule has 0 radical (unpaired) electrons. The highest BCUT2D eigenvalue weighted by Gasteiger charge is 2.34. The molecule has 1 aliphatic rings. The molecule has 1 aliphatic carbocycles. The molecule has 0 amide bonds. The average molecular weight is 334 g/mol. The Labute approximate surface area is 146 Å². The van der Waals surface area contributed by atoms with Crippen molar-refractivity contribution in [2.45, 2.75) is 32.6 Å². The minimum Gasteiger partial charge on any atom is -0.508 e. The number of aromatic amines is 1. The normalized spacial score (nSPS) is 20.0. The van der Waals surface area contributed by atoms with Crippen LogP contribution in [-0.2, 0) is 12.8 Å². The molecule has 2 aromatic carbocycles. The molecule has 1 heterocycles. The summed E-state index contributed by atoms with van der Waals surface area (Å²) in [6, 6.07) is 11.9. The van der Waals surface area contributed by atoms with E-state index in [0.717, 1.165) is 35.0 Å². The third-order valence-corrected chi connectivity index (χ3v) is 5.54.